The first-order valence-corrected chi connectivity index (χ1v) is 9.96. The molecule has 0 radical (unpaired) electrons. The monoisotopic (exact) mass is 404 g/mol. The molecule has 0 unspecified atom stereocenters. The summed E-state index contributed by atoms with van der Waals surface area (Å²) in [6, 6.07) is 17.4. The van der Waals surface area contributed by atoms with E-state index >= 15 is 0 Å². The summed E-state index contributed by atoms with van der Waals surface area (Å²) in [7, 11) is 0. The lowest BCUT2D eigenvalue weighted by atomic mass is 10.2. The minimum atomic E-state index is 0.583. The number of rotatable bonds is 6. The molecule has 144 valence electrons. The summed E-state index contributed by atoms with van der Waals surface area (Å²) in [5.41, 5.74) is 2.69. The van der Waals surface area contributed by atoms with Gasteiger partial charge in [-0.25, -0.2) is 0 Å². The van der Waals surface area contributed by atoms with Gasteiger partial charge in [0.15, 0.2) is 16.7 Å². The van der Waals surface area contributed by atoms with Gasteiger partial charge in [-0.2, -0.15) is 0 Å². The summed E-state index contributed by atoms with van der Waals surface area (Å²) in [5, 5.41) is 13.7. The van der Waals surface area contributed by atoms with Gasteiger partial charge in [-0.05, 0) is 37.3 Å². The molecule has 4 aromatic heterocycles. The topological polar surface area (TPSA) is 83.0 Å². The highest BCUT2D eigenvalue weighted by Crippen LogP contribution is 2.32. The zero-order valence-corrected chi connectivity index (χ0v) is 16.3. The largest absolute Gasteiger partial charge is 0.469 e. The van der Waals surface area contributed by atoms with E-state index < -0.39 is 0 Å². The standard InChI is InChI=1S/C21H16N4O3S/c1-14-17(9-11-26-14)20-22-23-21(25(20)16-6-3-2-4-7-16)29-13-15-12-19(28-24-15)18-8-5-10-27-18/h2-12H,13H2,1H3. The molecule has 29 heavy (non-hydrogen) atoms. The van der Waals surface area contributed by atoms with Gasteiger partial charge >= 0.3 is 0 Å². The first-order valence-electron chi connectivity index (χ1n) is 8.97. The van der Waals surface area contributed by atoms with Crippen molar-refractivity contribution in [2.75, 3.05) is 0 Å². The second-order valence-corrected chi connectivity index (χ2v) is 7.26. The molecule has 0 saturated carbocycles. The van der Waals surface area contributed by atoms with E-state index in [1.807, 2.05) is 66.1 Å². The van der Waals surface area contributed by atoms with Crippen LogP contribution in [0.25, 0.3) is 28.6 Å². The first-order chi connectivity index (χ1) is 14.3. The van der Waals surface area contributed by atoms with Crippen LogP contribution in [0.1, 0.15) is 11.5 Å². The smallest absolute Gasteiger partial charge is 0.202 e. The summed E-state index contributed by atoms with van der Waals surface area (Å²) < 4.78 is 18.2. The summed E-state index contributed by atoms with van der Waals surface area (Å²) in [5.74, 6) is 3.37. The Balaban J connectivity index is 1.46. The minimum Gasteiger partial charge on any atom is -0.469 e. The highest BCUT2D eigenvalue weighted by Gasteiger charge is 2.19. The number of nitrogens with zero attached hydrogens (tertiary/aromatic N) is 4. The van der Waals surface area contributed by atoms with Crippen molar-refractivity contribution in [3.63, 3.8) is 0 Å². The van der Waals surface area contributed by atoms with Crippen LogP contribution < -0.4 is 0 Å². The third kappa shape index (κ3) is 3.38. The van der Waals surface area contributed by atoms with Crippen molar-refractivity contribution in [2.45, 2.75) is 17.8 Å². The van der Waals surface area contributed by atoms with E-state index in [2.05, 4.69) is 15.4 Å². The zero-order chi connectivity index (χ0) is 19.6. The Bertz CT molecular complexity index is 1220. The lowest BCUT2D eigenvalue weighted by molar-refractivity contribution is 0.413. The van der Waals surface area contributed by atoms with Crippen molar-refractivity contribution >= 4 is 11.8 Å². The quantitative estimate of drug-likeness (QED) is 0.352. The van der Waals surface area contributed by atoms with Crippen molar-refractivity contribution in [1.29, 1.82) is 0 Å². The Morgan fingerprint density at radius 2 is 1.83 bits per heavy atom. The number of furan rings is 2. The van der Waals surface area contributed by atoms with Gasteiger partial charge in [0.1, 0.15) is 5.76 Å². The number of aromatic nitrogens is 4. The summed E-state index contributed by atoms with van der Waals surface area (Å²) >= 11 is 1.54. The van der Waals surface area contributed by atoms with Crippen LogP contribution in [0.3, 0.4) is 0 Å². The molecule has 0 aliphatic heterocycles. The van der Waals surface area contributed by atoms with Crippen LogP contribution in [0.5, 0.6) is 0 Å². The van der Waals surface area contributed by atoms with Crippen LogP contribution >= 0.6 is 11.8 Å². The van der Waals surface area contributed by atoms with Gasteiger partial charge in [0.05, 0.1) is 23.8 Å². The number of aryl methyl sites for hydroxylation is 1. The maximum atomic E-state index is 5.47. The number of hydrogen-bond donors (Lipinski definition) is 0. The van der Waals surface area contributed by atoms with Crippen LogP contribution in [0.15, 0.2) is 85.6 Å². The number of thioether (sulfide) groups is 1. The average Bonchev–Trinajstić information content (AvgIpc) is 3.52. The molecule has 0 amide bonds. The van der Waals surface area contributed by atoms with E-state index in [4.69, 9.17) is 13.4 Å². The minimum absolute atomic E-state index is 0.583. The van der Waals surface area contributed by atoms with Crippen molar-refractivity contribution in [3.8, 4) is 28.6 Å². The molecule has 7 nitrogen and oxygen atoms in total. The Labute approximate surface area is 170 Å². The molecule has 0 atom stereocenters. The van der Waals surface area contributed by atoms with Crippen LogP contribution in [0.4, 0.5) is 0 Å². The van der Waals surface area contributed by atoms with Gasteiger partial charge in [-0.3, -0.25) is 4.57 Å². The van der Waals surface area contributed by atoms with Crippen molar-refractivity contribution in [1.82, 2.24) is 19.9 Å². The lowest BCUT2D eigenvalue weighted by Gasteiger charge is -2.09. The third-order valence-electron chi connectivity index (χ3n) is 4.42. The normalized spacial score (nSPS) is 11.2. The van der Waals surface area contributed by atoms with E-state index in [1.54, 1.807) is 12.5 Å². The Hall–Kier alpha value is -3.52. The fraction of sp³-hybridized carbons (Fsp3) is 0.0952. The van der Waals surface area contributed by atoms with E-state index in [0.717, 1.165) is 33.7 Å². The van der Waals surface area contributed by atoms with Crippen LogP contribution in [-0.2, 0) is 5.75 Å². The number of hydrogen-bond acceptors (Lipinski definition) is 7. The Kier molecular flexibility index (Phi) is 4.53. The molecular formula is C21H16N4O3S. The number of benzene rings is 1. The predicted octanol–water partition coefficient (Wildman–Crippen LogP) is 5.38. The molecule has 0 N–H and O–H groups in total. The molecule has 0 spiro atoms. The van der Waals surface area contributed by atoms with E-state index in [0.29, 0.717) is 17.3 Å². The lowest BCUT2D eigenvalue weighted by Crippen LogP contribution is -1.99. The zero-order valence-electron chi connectivity index (χ0n) is 15.5. The highest BCUT2D eigenvalue weighted by atomic mass is 32.2. The van der Waals surface area contributed by atoms with E-state index in [-0.39, 0.29) is 0 Å². The Morgan fingerprint density at radius 3 is 2.59 bits per heavy atom. The SMILES string of the molecule is Cc1occc1-c1nnc(SCc2cc(-c3ccco3)on2)n1-c1ccccc1. The molecule has 0 aliphatic carbocycles. The molecule has 4 heterocycles. The van der Waals surface area contributed by atoms with Crippen molar-refractivity contribution in [2.24, 2.45) is 0 Å². The van der Waals surface area contributed by atoms with Gasteiger partial charge in [0, 0.05) is 17.5 Å². The molecule has 0 fully saturated rings. The molecule has 8 heteroatoms. The molecule has 1 aromatic carbocycles. The van der Waals surface area contributed by atoms with E-state index in [1.165, 1.54) is 11.8 Å². The molecular weight excluding hydrogens is 388 g/mol. The second-order valence-electron chi connectivity index (χ2n) is 6.32. The Morgan fingerprint density at radius 1 is 0.931 bits per heavy atom. The fourth-order valence-corrected chi connectivity index (χ4v) is 3.85. The van der Waals surface area contributed by atoms with Crippen molar-refractivity contribution in [3.05, 3.63) is 78.6 Å². The second kappa shape index (κ2) is 7.48. The van der Waals surface area contributed by atoms with Gasteiger partial charge in [0.25, 0.3) is 0 Å². The van der Waals surface area contributed by atoms with Gasteiger partial charge in [0.2, 0.25) is 5.76 Å². The average molecular weight is 404 g/mol. The molecule has 0 bridgehead atoms. The van der Waals surface area contributed by atoms with E-state index in [9.17, 15) is 0 Å². The first kappa shape index (κ1) is 17.6. The van der Waals surface area contributed by atoms with Gasteiger partial charge < -0.3 is 13.4 Å². The predicted molar refractivity (Wildman–Crippen MR) is 108 cm³/mol. The maximum Gasteiger partial charge on any atom is 0.202 e. The molecule has 0 saturated heterocycles. The fourth-order valence-electron chi connectivity index (χ4n) is 3.02. The molecule has 5 rings (SSSR count). The van der Waals surface area contributed by atoms with Crippen LogP contribution in [0.2, 0.25) is 0 Å². The summed E-state index contributed by atoms with van der Waals surface area (Å²) in [6.45, 7) is 1.91. The molecule has 5 aromatic rings. The molecule has 0 aliphatic rings. The number of para-hydroxylation sites is 1. The van der Waals surface area contributed by atoms with Crippen molar-refractivity contribution < 1.29 is 13.4 Å². The summed E-state index contributed by atoms with van der Waals surface area (Å²) in [6.07, 6.45) is 3.26. The highest BCUT2D eigenvalue weighted by molar-refractivity contribution is 7.98. The van der Waals surface area contributed by atoms with Gasteiger partial charge in [-0.1, -0.05) is 35.1 Å². The van der Waals surface area contributed by atoms with Crippen LogP contribution in [0, 0.1) is 6.92 Å². The maximum absolute atomic E-state index is 5.47. The van der Waals surface area contributed by atoms with Gasteiger partial charge in [-0.15, -0.1) is 10.2 Å². The van der Waals surface area contributed by atoms with Crippen LogP contribution in [-0.4, -0.2) is 19.9 Å². The third-order valence-corrected chi connectivity index (χ3v) is 5.38. The summed E-state index contributed by atoms with van der Waals surface area (Å²) in [4.78, 5) is 0.